The molecule has 1 aromatic carbocycles. The summed E-state index contributed by atoms with van der Waals surface area (Å²) in [5, 5.41) is 0. The summed E-state index contributed by atoms with van der Waals surface area (Å²) < 4.78 is 10.5. The van der Waals surface area contributed by atoms with E-state index in [1.54, 1.807) is 16.7 Å². The predicted octanol–water partition coefficient (Wildman–Crippen LogP) is 1.79. The van der Waals surface area contributed by atoms with E-state index < -0.39 is 5.97 Å². The molecule has 1 unspecified atom stereocenters. The molecule has 0 aromatic heterocycles. The molecule has 2 saturated heterocycles. The standard InChI is InChI=1S/C15H15NO4S/c1-19-15(18)11(9-21-10-5-3-2-4-6-10)12-8-16-13(17)7-14(16)20-12/h2-6,14H,7-9H2,1H3/b12-11-. The lowest BCUT2D eigenvalue weighted by atomic mass is 10.2. The van der Waals surface area contributed by atoms with Crippen molar-refractivity contribution >= 4 is 23.6 Å². The molecular formula is C15H15NO4S. The van der Waals surface area contributed by atoms with Crippen LogP contribution in [0.1, 0.15) is 6.42 Å². The molecule has 1 aromatic rings. The van der Waals surface area contributed by atoms with Crippen LogP contribution in [0.15, 0.2) is 46.6 Å². The van der Waals surface area contributed by atoms with Crippen molar-refractivity contribution in [3.05, 3.63) is 41.7 Å². The molecule has 1 atom stereocenters. The first-order valence-electron chi connectivity index (χ1n) is 6.63. The lowest BCUT2D eigenvalue weighted by Crippen LogP contribution is -2.48. The van der Waals surface area contributed by atoms with Gasteiger partial charge in [-0.1, -0.05) is 18.2 Å². The highest BCUT2D eigenvalue weighted by Gasteiger charge is 2.45. The summed E-state index contributed by atoms with van der Waals surface area (Å²) in [6.07, 6.45) is 0.193. The van der Waals surface area contributed by atoms with Crippen molar-refractivity contribution < 1.29 is 19.1 Å². The molecular weight excluding hydrogens is 290 g/mol. The van der Waals surface area contributed by atoms with Crippen LogP contribution in [0.5, 0.6) is 0 Å². The van der Waals surface area contributed by atoms with Gasteiger partial charge in [0.1, 0.15) is 5.76 Å². The largest absolute Gasteiger partial charge is 0.472 e. The number of rotatable bonds is 4. The average molecular weight is 305 g/mol. The molecule has 0 N–H and O–H groups in total. The number of amides is 1. The first-order chi connectivity index (χ1) is 10.2. The van der Waals surface area contributed by atoms with Crippen LogP contribution < -0.4 is 0 Å². The highest BCUT2D eigenvalue weighted by molar-refractivity contribution is 7.99. The molecule has 0 bridgehead atoms. The molecule has 6 heteroatoms. The number of hydrogen-bond donors (Lipinski definition) is 0. The van der Waals surface area contributed by atoms with E-state index in [4.69, 9.17) is 9.47 Å². The molecule has 0 saturated carbocycles. The van der Waals surface area contributed by atoms with E-state index in [0.29, 0.717) is 30.1 Å². The Morgan fingerprint density at radius 1 is 1.43 bits per heavy atom. The molecule has 0 aliphatic carbocycles. The molecule has 2 fully saturated rings. The topological polar surface area (TPSA) is 55.8 Å². The van der Waals surface area contributed by atoms with Gasteiger partial charge in [-0.15, -0.1) is 11.8 Å². The number of benzene rings is 1. The van der Waals surface area contributed by atoms with Crippen LogP contribution in [-0.4, -0.2) is 42.4 Å². The van der Waals surface area contributed by atoms with Crippen LogP contribution in [0.25, 0.3) is 0 Å². The number of nitrogens with zero attached hydrogens (tertiary/aromatic N) is 1. The van der Waals surface area contributed by atoms with E-state index in [2.05, 4.69) is 0 Å². The molecule has 1 amide bonds. The Hall–Kier alpha value is -1.95. The number of thioether (sulfide) groups is 1. The monoisotopic (exact) mass is 305 g/mol. The minimum atomic E-state index is -0.400. The van der Waals surface area contributed by atoms with Crippen LogP contribution in [0.2, 0.25) is 0 Å². The van der Waals surface area contributed by atoms with Gasteiger partial charge in [-0.3, -0.25) is 9.69 Å². The number of carbonyl (C=O) groups is 2. The molecule has 2 heterocycles. The van der Waals surface area contributed by atoms with Crippen molar-refractivity contribution in [3.63, 3.8) is 0 Å². The Balaban J connectivity index is 1.75. The van der Waals surface area contributed by atoms with Crippen LogP contribution in [0.3, 0.4) is 0 Å². The van der Waals surface area contributed by atoms with E-state index in [1.165, 1.54) is 7.11 Å². The summed E-state index contributed by atoms with van der Waals surface area (Å²) >= 11 is 1.54. The van der Waals surface area contributed by atoms with Crippen LogP contribution >= 0.6 is 11.8 Å². The quantitative estimate of drug-likeness (QED) is 0.367. The second kappa shape index (κ2) is 5.81. The van der Waals surface area contributed by atoms with Crippen molar-refractivity contribution in [2.24, 2.45) is 0 Å². The third-order valence-corrected chi connectivity index (χ3v) is 4.54. The van der Waals surface area contributed by atoms with E-state index in [-0.39, 0.29) is 12.1 Å². The summed E-state index contributed by atoms with van der Waals surface area (Å²) in [6.45, 7) is 0.364. The van der Waals surface area contributed by atoms with Crippen molar-refractivity contribution in [2.45, 2.75) is 17.5 Å². The van der Waals surface area contributed by atoms with Gasteiger partial charge in [0.15, 0.2) is 6.23 Å². The Bertz CT molecular complexity index is 599. The molecule has 2 aliphatic heterocycles. The molecule has 3 rings (SSSR count). The lowest BCUT2D eigenvalue weighted by molar-refractivity contribution is -0.154. The molecule has 110 valence electrons. The predicted molar refractivity (Wildman–Crippen MR) is 77.4 cm³/mol. The summed E-state index contributed by atoms with van der Waals surface area (Å²) in [4.78, 5) is 26.1. The Kier molecular flexibility index (Phi) is 3.88. The highest BCUT2D eigenvalue weighted by Crippen LogP contribution is 2.33. The second-order valence-corrected chi connectivity index (χ2v) is 5.84. The van der Waals surface area contributed by atoms with E-state index in [9.17, 15) is 9.59 Å². The summed E-state index contributed by atoms with van der Waals surface area (Å²) in [7, 11) is 1.35. The Morgan fingerprint density at radius 3 is 2.81 bits per heavy atom. The number of ether oxygens (including phenoxy) is 2. The number of esters is 1. The number of carbonyl (C=O) groups excluding carboxylic acids is 2. The zero-order chi connectivity index (χ0) is 14.8. The van der Waals surface area contributed by atoms with E-state index in [1.807, 2.05) is 30.3 Å². The van der Waals surface area contributed by atoms with Crippen LogP contribution in [0.4, 0.5) is 0 Å². The highest BCUT2D eigenvalue weighted by atomic mass is 32.2. The van der Waals surface area contributed by atoms with Gasteiger partial charge >= 0.3 is 5.97 Å². The number of β-lactam (4-membered cyclic amide) rings is 1. The van der Waals surface area contributed by atoms with Gasteiger partial charge in [0.2, 0.25) is 5.91 Å². The Morgan fingerprint density at radius 2 is 2.19 bits per heavy atom. The summed E-state index contributed by atoms with van der Waals surface area (Å²) in [5.41, 5.74) is 0.494. The fourth-order valence-electron chi connectivity index (χ4n) is 2.29. The SMILES string of the molecule is COC(=O)/C(CSc1ccccc1)=C1/CN2C(=O)CC2O1. The van der Waals surface area contributed by atoms with Gasteiger partial charge in [-0.25, -0.2) is 4.79 Å². The minimum Gasteiger partial charge on any atom is -0.472 e. The third kappa shape index (κ3) is 2.76. The summed E-state index contributed by atoms with van der Waals surface area (Å²) in [6, 6.07) is 9.81. The van der Waals surface area contributed by atoms with Crippen LogP contribution in [-0.2, 0) is 19.1 Å². The van der Waals surface area contributed by atoms with Crippen molar-refractivity contribution in [3.8, 4) is 0 Å². The first-order valence-corrected chi connectivity index (χ1v) is 7.62. The van der Waals surface area contributed by atoms with Gasteiger partial charge in [-0.05, 0) is 12.1 Å². The van der Waals surface area contributed by atoms with Crippen molar-refractivity contribution in [1.29, 1.82) is 0 Å². The number of hydrogen-bond acceptors (Lipinski definition) is 5. The molecule has 2 aliphatic rings. The Labute approximate surface area is 126 Å². The maximum absolute atomic E-state index is 12.0. The van der Waals surface area contributed by atoms with E-state index in [0.717, 1.165) is 4.90 Å². The van der Waals surface area contributed by atoms with Gasteiger partial charge in [-0.2, -0.15) is 0 Å². The van der Waals surface area contributed by atoms with Crippen LogP contribution in [0, 0.1) is 0 Å². The van der Waals surface area contributed by atoms with Gasteiger partial charge in [0.25, 0.3) is 0 Å². The smallest absolute Gasteiger partial charge is 0.338 e. The number of fused-ring (bicyclic) bond motifs is 1. The molecule has 0 radical (unpaired) electrons. The van der Waals surface area contributed by atoms with Crippen molar-refractivity contribution in [1.82, 2.24) is 4.90 Å². The number of methoxy groups -OCH3 is 1. The minimum absolute atomic E-state index is 0.0647. The molecule has 21 heavy (non-hydrogen) atoms. The van der Waals surface area contributed by atoms with Gasteiger partial charge in [0.05, 0.1) is 25.6 Å². The van der Waals surface area contributed by atoms with E-state index >= 15 is 0 Å². The van der Waals surface area contributed by atoms with Gasteiger partial charge in [0, 0.05) is 10.6 Å². The maximum Gasteiger partial charge on any atom is 0.338 e. The first kappa shape index (κ1) is 14.0. The fourth-order valence-corrected chi connectivity index (χ4v) is 3.23. The summed E-state index contributed by atoms with van der Waals surface area (Å²) in [5.74, 6) is 0.681. The average Bonchev–Trinajstić information content (AvgIpc) is 2.85. The third-order valence-electron chi connectivity index (χ3n) is 3.50. The zero-order valence-corrected chi connectivity index (χ0v) is 12.4. The fraction of sp³-hybridized carbons (Fsp3) is 0.333. The normalized spacial score (nSPS) is 22.2. The van der Waals surface area contributed by atoms with Gasteiger partial charge < -0.3 is 9.47 Å². The van der Waals surface area contributed by atoms with Crippen molar-refractivity contribution in [2.75, 3.05) is 19.4 Å². The molecule has 5 nitrogen and oxygen atoms in total. The second-order valence-electron chi connectivity index (χ2n) is 4.79. The lowest BCUT2D eigenvalue weighted by Gasteiger charge is -2.30. The zero-order valence-electron chi connectivity index (χ0n) is 11.6. The maximum atomic E-state index is 12.0. The molecule has 0 spiro atoms.